The maximum atomic E-state index is 4.37. The van der Waals surface area contributed by atoms with E-state index in [1.807, 2.05) is 12.3 Å². The summed E-state index contributed by atoms with van der Waals surface area (Å²) in [5.74, 6) is 2.00. The third kappa shape index (κ3) is 1.75. The van der Waals surface area contributed by atoms with E-state index >= 15 is 0 Å². The lowest BCUT2D eigenvalue weighted by atomic mass is 10.2. The highest BCUT2D eigenvalue weighted by Crippen LogP contribution is 2.33. The molecule has 2 aromatic heterocycles. The number of nitrogens with zero attached hydrogens (tertiary/aromatic N) is 3. The van der Waals surface area contributed by atoms with Crippen molar-refractivity contribution in [1.82, 2.24) is 15.0 Å². The highest BCUT2D eigenvalue weighted by Gasteiger charge is 2.21. The molecule has 84 valence electrons. The van der Waals surface area contributed by atoms with Gasteiger partial charge in [-0.25, -0.2) is 9.97 Å². The summed E-state index contributed by atoms with van der Waals surface area (Å²) in [5.41, 5.74) is 0.920. The summed E-state index contributed by atoms with van der Waals surface area (Å²) in [6, 6.07) is 2.04. The standard InChI is InChI=1S/C12H16N4/c1-16(7-5-9-2-3-9)12-10-4-6-13-11(10)14-8-15-12/h4,6,8-9H,2-3,5,7H2,1H3,(H,13,14,15). The molecule has 2 aromatic rings. The molecule has 0 spiro atoms. The van der Waals surface area contributed by atoms with E-state index in [1.165, 1.54) is 19.3 Å². The molecule has 0 bridgehead atoms. The van der Waals surface area contributed by atoms with Gasteiger partial charge in [-0.1, -0.05) is 12.8 Å². The average molecular weight is 216 g/mol. The lowest BCUT2D eigenvalue weighted by molar-refractivity contribution is 0.707. The minimum atomic E-state index is 0.920. The Balaban J connectivity index is 1.82. The number of H-pyrrole nitrogens is 1. The monoisotopic (exact) mass is 216 g/mol. The number of hydrogen-bond acceptors (Lipinski definition) is 3. The van der Waals surface area contributed by atoms with Gasteiger partial charge in [-0.15, -0.1) is 0 Å². The van der Waals surface area contributed by atoms with Crippen LogP contribution in [0.1, 0.15) is 19.3 Å². The van der Waals surface area contributed by atoms with Crippen LogP contribution in [0.2, 0.25) is 0 Å². The molecule has 0 atom stereocenters. The van der Waals surface area contributed by atoms with Crippen molar-refractivity contribution in [2.75, 3.05) is 18.5 Å². The minimum Gasteiger partial charge on any atom is -0.359 e. The summed E-state index contributed by atoms with van der Waals surface area (Å²) in [5, 5.41) is 1.11. The van der Waals surface area contributed by atoms with Crippen molar-refractivity contribution in [1.29, 1.82) is 0 Å². The van der Waals surface area contributed by atoms with Crippen LogP contribution in [0.3, 0.4) is 0 Å². The fraction of sp³-hybridized carbons (Fsp3) is 0.500. The van der Waals surface area contributed by atoms with E-state index in [9.17, 15) is 0 Å². The molecule has 0 unspecified atom stereocenters. The molecule has 0 aliphatic heterocycles. The summed E-state index contributed by atoms with van der Waals surface area (Å²) in [7, 11) is 2.11. The molecule has 0 aromatic carbocycles. The van der Waals surface area contributed by atoms with Crippen LogP contribution in [0.4, 0.5) is 5.82 Å². The van der Waals surface area contributed by atoms with Crippen LogP contribution in [-0.2, 0) is 0 Å². The molecule has 0 saturated heterocycles. The number of anilines is 1. The van der Waals surface area contributed by atoms with E-state index < -0.39 is 0 Å². The molecule has 2 heterocycles. The molecule has 0 radical (unpaired) electrons. The molecule has 1 saturated carbocycles. The first-order valence-corrected chi connectivity index (χ1v) is 5.84. The summed E-state index contributed by atoms with van der Waals surface area (Å²) in [6.45, 7) is 1.09. The predicted molar refractivity (Wildman–Crippen MR) is 64.5 cm³/mol. The van der Waals surface area contributed by atoms with Gasteiger partial charge in [-0.05, 0) is 18.4 Å². The molecule has 1 fully saturated rings. The second-order valence-corrected chi connectivity index (χ2v) is 4.59. The largest absolute Gasteiger partial charge is 0.359 e. The fourth-order valence-corrected chi connectivity index (χ4v) is 2.05. The van der Waals surface area contributed by atoms with Crippen LogP contribution in [0.5, 0.6) is 0 Å². The number of nitrogens with one attached hydrogen (secondary N) is 1. The minimum absolute atomic E-state index is 0.920. The fourth-order valence-electron chi connectivity index (χ4n) is 2.05. The molecule has 1 aliphatic carbocycles. The number of fused-ring (bicyclic) bond motifs is 1. The van der Waals surface area contributed by atoms with Gasteiger partial charge < -0.3 is 9.88 Å². The van der Waals surface area contributed by atoms with Crippen molar-refractivity contribution in [3.63, 3.8) is 0 Å². The molecule has 1 aliphatic rings. The molecular weight excluding hydrogens is 200 g/mol. The number of rotatable bonds is 4. The highest BCUT2D eigenvalue weighted by molar-refractivity contribution is 5.87. The Morgan fingerprint density at radius 1 is 1.44 bits per heavy atom. The third-order valence-corrected chi connectivity index (χ3v) is 3.26. The van der Waals surface area contributed by atoms with Crippen LogP contribution in [0, 0.1) is 5.92 Å². The van der Waals surface area contributed by atoms with E-state index in [4.69, 9.17) is 0 Å². The first-order valence-electron chi connectivity index (χ1n) is 5.84. The zero-order chi connectivity index (χ0) is 11.0. The SMILES string of the molecule is CN(CCC1CC1)c1ncnc2[nH]ccc12. The second kappa shape index (κ2) is 3.77. The van der Waals surface area contributed by atoms with E-state index in [-0.39, 0.29) is 0 Å². The van der Waals surface area contributed by atoms with E-state index in [0.717, 1.165) is 29.3 Å². The Kier molecular flexibility index (Phi) is 2.27. The Hall–Kier alpha value is -1.58. The lowest BCUT2D eigenvalue weighted by Gasteiger charge is -2.18. The van der Waals surface area contributed by atoms with Crippen LogP contribution in [0.25, 0.3) is 11.0 Å². The zero-order valence-corrected chi connectivity index (χ0v) is 9.48. The zero-order valence-electron chi connectivity index (χ0n) is 9.48. The van der Waals surface area contributed by atoms with Gasteiger partial charge in [0.25, 0.3) is 0 Å². The van der Waals surface area contributed by atoms with Gasteiger partial charge in [0, 0.05) is 19.8 Å². The predicted octanol–water partition coefficient (Wildman–Crippen LogP) is 2.19. The van der Waals surface area contributed by atoms with Gasteiger partial charge in [0.1, 0.15) is 17.8 Å². The van der Waals surface area contributed by atoms with Crippen molar-refractivity contribution < 1.29 is 0 Å². The number of aromatic amines is 1. The van der Waals surface area contributed by atoms with Gasteiger partial charge in [0.05, 0.1) is 5.39 Å². The molecule has 16 heavy (non-hydrogen) atoms. The Morgan fingerprint density at radius 3 is 3.12 bits per heavy atom. The smallest absolute Gasteiger partial charge is 0.142 e. The Labute approximate surface area is 94.7 Å². The van der Waals surface area contributed by atoms with Gasteiger partial charge >= 0.3 is 0 Å². The molecule has 4 heteroatoms. The van der Waals surface area contributed by atoms with Crippen LogP contribution < -0.4 is 4.90 Å². The van der Waals surface area contributed by atoms with Crippen molar-refractivity contribution in [2.24, 2.45) is 5.92 Å². The first kappa shape index (κ1) is 9.63. The van der Waals surface area contributed by atoms with Gasteiger partial charge in [-0.2, -0.15) is 0 Å². The molecular formula is C12H16N4. The van der Waals surface area contributed by atoms with Crippen molar-refractivity contribution >= 4 is 16.9 Å². The number of aromatic nitrogens is 3. The third-order valence-electron chi connectivity index (χ3n) is 3.26. The van der Waals surface area contributed by atoms with E-state index in [2.05, 4.69) is 26.9 Å². The summed E-state index contributed by atoms with van der Waals surface area (Å²) >= 11 is 0. The van der Waals surface area contributed by atoms with E-state index in [0.29, 0.717) is 0 Å². The molecule has 4 nitrogen and oxygen atoms in total. The first-order chi connectivity index (χ1) is 7.84. The lowest BCUT2D eigenvalue weighted by Crippen LogP contribution is -2.20. The summed E-state index contributed by atoms with van der Waals surface area (Å²) < 4.78 is 0. The van der Waals surface area contributed by atoms with Gasteiger partial charge in [-0.3, -0.25) is 0 Å². The normalized spacial score (nSPS) is 15.6. The average Bonchev–Trinajstić information content (AvgIpc) is 3.01. The van der Waals surface area contributed by atoms with Crippen molar-refractivity contribution in [3.05, 3.63) is 18.6 Å². The maximum absolute atomic E-state index is 4.37. The number of hydrogen-bond donors (Lipinski definition) is 1. The van der Waals surface area contributed by atoms with E-state index in [1.54, 1.807) is 6.33 Å². The van der Waals surface area contributed by atoms with Crippen molar-refractivity contribution in [2.45, 2.75) is 19.3 Å². The molecule has 0 amide bonds. The van der Waals surface area contributed by atoms with Crippen LogP contribution >= 0.6 is 0 Å². The highest BCUT2D eigenvalue weighted by atomic mass is 15.2. The van der Waals surface area contributed by atoms with Gasteiger partial charge in [0.15, 0.2) is 0 Å². The topological polar surface area (TPSA) is 44.8 Å². The van der Waals surface area contributed by atoms with Crippen molar-refractivity contribution in [3.8, 4) is 0 Å². The second-order valence-electron chi connectivity index (χ2n) is 4.59. The van der Waals surface area contributed by atoms with Crippen LogP contribution in [0.15, 0.2) is 18.6 Å². The molecule has 3 rings (SSSR count). The maximum Gasteiger partial charge on any atom is 0.142 e. The summed E-state index contributed by atoms with van der Waals surface area (Å²) in [6.07, 6.45) is 7.65. The quantitative estimate of drug-likeness (QED) is 0.852. The Bertz CT molecular complexity index is 486. The summed E-state index contributed by atoms with van der Waals surface area (Å²) in [4.78, 5) is 13.9. The van der Waals surface area contributed by atoms with Gasteiger partial charge in [0.2, 0.25) is 0 Å². The van der Waals surface area contributed by atoms with Crippen LogP contribution in [-0.4, -0.2) is 28.5 Å². The molecule has 1 N–H and O–H groups in total. The Morgan fingerprint density at radius 2 is 2.31 bits per heavy atom.